The first-order chi connectivity index (χ1) is 15.0. The maximum Gasteiger partial charge on any atom is 0.306 e. The Labute approximate surface area is 189 Å². The number of aliphatic carboxylic acids is 1. The molecular weight excluding hydrogens is 416 g/mol. The average molecular weight is 449 g/mol. The van der Waals surface area contributed by atoms with Gasteiger partial charge in [-0.25, -0.2) is 4.98 Å². The van der Waals surface area contributed by atoms with Gasteiger partial charge in [0.25, 0.3) is 0 Å². The standard InChI is InChI=1S/C24H33ClN2O4/c1-2-3-8-22-26-21(16-28)23(25)27(22)15-17-9-11-19(12-10-17)31-14-13-18-6-4-5-7-20(18)24(29)30/h9-12,18,20,28H,2-8,13-16H2,1H3,(H,29,30). The summed E-state index contributed by atoms with van der Waals surface area (Å²) in [6.45, 7) is 3.09. The third kappa shape index (κ3) is 6.23. The second kappa shape index (κ2) is 11.5. The molecule has 0 amide bonds. The minimum Gasteiger partial charge on any atom is -0.494 e. The summed E-state index contributed by atoms with van der Waals surface area (Å²) in [6, 6.07) is 7.89. The first kappa shape index (κ1) is 23.6. The second-order valence-electron chi connectivity index (χ2n) is 8.38. The zero-order valence-corrected chi connectivity index (χ0v) is 19.0. The van der Waals surface area contributed by atoms with Gasteiger partial charge >= 0.3 is 5.97 Å². The number of aromatic nitrogens is 2. The molecule has 170 valence electrons. The number of ether oxygens (including phenoxy) is 1. The molecule has 31 heavy (non-hydrogen) atoms. The Bertz CT molecular complexity index is 850. The Balaban J connectivity index is 1.57. The van der Waals surface area contributed by atoms with Crippen molar-refractivity contribution in [3.63, 3.8) is 0 Å². The predicted molar refractivity (Wildman–Crippen MR) is 121 cm³/mol. The predicted octanol–water partition coefficient (Wildman–Crippen LogP) is 5.08. The Hall–Kier alpha value is -2.05. The van der Waals surface area contributed by atoms with Crippen molar-refractivity contribution in [1.29, 1.82) is 0 Å². The summed E-state index contributed by atoms with van der Waals surface area (Å²) >= 11 is 6.44. The van der Waals surface area contributed by atoms with Gasteiger partial charge in [0.05, 0.1) is 25.7 Å². The topological polar surface area (TPSA) is 84.6 Å². The third-order valence-electron chi connectivity index (χ3n) is 6.20. The molecule has 2 atom stereocenters. The summed E-state index contributed by atoms with van der Waals surface area (Å²) in [5.41, 5.74) is 1.60. The van der Waals surface area contributed by atoms with Crippen LogP contribution in [0.3, 0.4) is 0 Å². The summed E-state index contributed by atoms with van der Waals surface area (Å²) in [4.78, 5) is 15.9. The van der Waals surface area contributed by atoms with E-state index in [0.29, 0.717) is 24.0 Å². The first-order valence-corrected chi connectivity index (χ1v) is 11.7. The van der Waals surface area contributed by atoms with Gasteiger partial charge in [0.1, 0.15) is 22.4 Å². The number of carboxylic acid groups (broad SMARTS) is 1. The van der Waals surface area contributed by atoms with Gasteiger partial charge < -0.3 is 19.5 Å². The van der Waals surface area contributed by atoms with Crippen LogP contribution in [-0.2, 0) is 24.4 Å². The van der Waals surface area contributed by atoms with Gasteiger partial charge in [-0.15, -0.1) is 0 Å². The molecule has 7 heteroatoms. The van der Waals surface area contributed by atoms with Crippen molar-refractivity contribution < 1.29 is 19.7 Å². The Kier molecular flexibility index (Phi) is 8.79. The molecule has 0 spiro atoms. The number of unbranched alkanes of at least 4 members (excludes halogenated alkanes) is 1. The number of halogens is 1. The fourth-order valence-corrected chi connectivity index (χ4v) is 4.66. The molecule has 2 N–H and O–H groups in total. The largest absolute Gasteiger partial charge is 0.494 e. The van der Waals surface area contributed by atoms with Gasteiger partial charge in [0, 0.05) is 6.42 Å². The summed E-state index contributed by atoms with van der Waals surface area (Å²) < 4.78 is 7.86. The van der Waals surface area contributed by atoms with Crippen LogP contribution in [0.2, 0.25) is 5.15 Å². The molecule has 1 aliphatic rings. The van der Waals surface area contributed by atoms with Gasteiger partial charge in [0.2, 0.25) is 0 Å². The molecule has 1 fully saturated rings. The number of aryl methyl sites for hydroxylation is 1. The van der Waals surface area contributed by atoms with E-state index in [1.807, 2.05) is 28.8 Å². The van der Waals surface area contributed by atoms with Crippen LogP contribution in [0.5, 0.6) is 5.75 Å². The lowest BCUT2D eigenvalue weighted by molar-refractivity contribution is -0.145. The van der Waals surface area contributed by atoms with Crippen LogP contribution >= 0.6 is 11.6 Å². The number of aliphatic hydroxyl groups excluding tert-OH is 1. The highest BCUT2D eigenvalue weighted by Crippen LogP contribution is 2.32. The Morgan fingerprint density at radius 2 is 2.00 bits per heavy atom. The zero-order valence-electron chi connectivity index (χ0n) is 18.2. The lowest BCUT2D eigenvalue weighted by Crippen LogP contribution is -2.28. The number of aliphatic hydroxyl groups is 1. The van der Waals surface area contributed by atoms with Gasteiger partial charge in [-0.05, 0) is 49.3 Å². The van der Waals surface area contributed by atoms with E-state index in [2.05, 4.69) is 11.9 Å². The molecule has 0 bridgehead atoms. The zero-order chi connectivity index (χ0) is 22.2. The van der Waals surface area contributed by atoms with E-state index in [1.54, 1.807) is 0 Å². The quantitative estimate of drug-likeness (QED) is 0.500. The highest BCUT2D eigenvalue weighted by Gasteiger charge is 2.30. The average Bonchev–Trinajstić information content (AvgIpc) is 3.08. The maximum absolute atomic E-state index is 11.4. The lowest BCUT2D eigenvalue weighted by Gasteiger charge is -2.28. The van der Waals surface area contributed by atoms with Crippen molar-refractivity contribution >= 4 is 17.6 Å². The molecule has 3 rings (SSSR count). The monoisotopic (exact) mass is 448 g/mol. The number of benzene rings is 1. The molecule has 1 aromatic carbocycles. The molecule has 0 saturated heterocycles. The molecule has 1 aliphatic carbocycles. The van der Waals surface area contributed by atoms with Crippen LogP contribution in [-0.4, -0.2) is 32.3 Å². The Morgan fingerprint density at radius 3 is 2.68 bits per heavy atom. The van der Waals surface area contributed by atoms with E-state index < -0.39 is 5.97 Å². The molecule has 1 saturated carbocycles. The van der Waals surface area contributed by atoms with Crippen LogP contribution in [0.15, 0.2) is 24.3 Å². The van der Waals surface area contributed by atoms with Crippen molar-refractivity contribution in [1.82, 2.24) is 9.55 Å². The highest BCUT2D eigenvalue weighted by molar-refractivity contribution is 6.30. The minimum atomic E-state index is -0.671. The normalized spacial score (nSPS) is 18.8. The number of imidazole rings is 1. The van der Waals surface area contributed by atoms with Crippen LogP contribution in [0.25, 0.3) is 0 Å². The molecule has 1 heterocycles. The van der Waals surface area contributed by atoms with E-state index in [-0.39, 0.29) is 18.4 Å². The number of rotatable bonds is 11. The first-order valence-electron chi connectivity index (χ1n) is 11.3. The Morgan fingerprint density at radius 1 is 1.26 bits per heavy atom. The minimum absolute atomic E-state index is 0.165. The van der Waals surface area contributed by atoms with Gasteiger partial charge in [-0.3, -0.25) is 4.79 Å². The van der Waals surface area contributed by atoms with Crippen molar-refractivity contribution in [3.8, 4) is 5.75 Å². The van der Waals surface area contributed by atoms with Gasteiger partial charge in [-0.2, -0.15) is 0 Å². The lowest BCUT2D eigenvalue weighted by atomic mass is 9.78. The second-order valence-corrected chi connectivity index (χ2v) is 8.74. The smallest absolute Gasteiger partial charge is 0.306 e. The summed E-state index contributed by atoms with van der Waals surface area (Å²) in [6.07, 6.45) is 7.57. The van der Waals surface area contributed by atoms with E-state index in [1.165, 1.54) is 0 Å². The molecule has 1 aromatic heterocycles. The van der Waals surface area contributed by atoms with E-state index in [0.717, 1.165) is 68.5 Å². The molecule has 2 aromatic rings. The fraction of sp³-hybridized carbons (Fsp3) is 0.583. The molecule has 2 unspecified atom stereocenters. The van der Waals surface area contributed by atoms with E-state index >= 15 is 0 Å². The van der Waals surface area contributed by atoms with Crippen LogP contribution in [0, 0.1) is 11.8 Å². The van der Waals surface area contributed by atoms with Crippen LogP contribution < -0.4 is 4.74 Å². The van der Waals surface area contributed by atoms with Crippen molar-refractivity contribution in [2.24, 2.45) is 11.8 Å². The summed E-state index contributed by atoms with van der Waals surface area (Å²) in [5, 5.41) is 19.4. The highest BCUT2D eigenvalue weighted by atomic mass is 35.5. The van der Waals surface area contributed by atoms with Crippen molar-refractivity contribution in [3.05, 3.63) is 46.5 Å². The van der Waals surface area contributed by atoms with Crippen molar-refractivity contribution in [2.75, 3.05) is 6.61 Å². The molecule has 0 radical (unpaired) electrons. The molecule has 0 aliphatic heterocycles. The maximum atomic E-state index is 11.4. The van der Waals surface area contributed by atoms with Crippen LogP contribution in [0.1, 0.15) is 69.0 Å². The summed E-state index contributed by atoms with van der Waals surface area (Å²) in [5.74, 6) is 0.985. The van der Waals surface area contributed by atoms with Crippen molar-refractivity contribution in [2.45, 2.75) is 71.4 Å². The number of hydrogen-bond acceptors (Lipinski definition) is 4. The number of hydrogen-bond donors (Lipinski definition) is 2. The van der Waals surface area contributed by atoms with Crippen LogP contribution in [0.4, 0.5) is 0 Å². The van der Waals surface area contributed by atoms with Gasteiger partial charge in [-0.1, -0.05) is 49.9 Å². The SMILES string of the molecule is CCCCc1nc(CO)c(Cl)n1Cc1ccc(OCCC2CCCCC2C(=O)O)cc1. The van der Waals surface area contributed by atoms with E-state index in [4.69, 9.17) is 16.3 Å². The number of carbonyl (C=O) groups is 1. The fourth-order valence-electron chi connectivity index (χ4n) is 4.40. The molecular formula is C24H33ClN2O4. The van der Waals surface area contributed by atoms with Gasteiger partial charge in [0.15, 0.2) is 0 Å². The number of nitrogens with zero attached hydrogens (tertiary/aromatic N) is 2. The van der Waals surface area contributed by atoms with E-state index in [9.17, 15) is 15.0 Å². The third-order valence-corrected chi connectivity index (χ3v) is 6.62. The molecule has 6 nitrogen and oxygen atoms in total. The number of carboxylic acids is 1. The summed E-state index contributed by atoms with van der Waals surface area (Å²) in [7, 11) is 0.